The van der Waals surface area contributed by atoms with E-state index in [-0.39, 0.29) is 5.60 Å². The van der Waals surface area contributed by atoms with Crippen LogP contribution in [0, 0.1) is 5.92 Å². The monoisotopic (exact) mass is 171 g/mol. The van der Waals surface area contributed by atoms with E-state index < -0.39 is 0 Å². The smallest absolute Gasteiger partial charge is 0.0771 e. The van der Waals surface area contributed by atoms with Gasteiger partial charge in [0, 0.05) is 6.54 Å². The van der Waals surface area contributed by atoms with E-state index in [1.54, 1.807) is 0 Å². The maximum atomic E-state index is 9.94. The fraction of sp³-hybridized carbons (Fsp3) is 1.00. The predicted octanol–water partition coefficient (Wildman–Crippen LogP) is 1.54. The molecular formula is C10H21NO. The molecule has 12 heavy (non-hydrogen) atoms. The standard InChI is InChI=1S/C10H21NO/c1-9(2)7-11-8-10(12)5-3-4-6-10/h9,11-12H,3-8H2,1-2H3. The lowest BCUT2D eigenvalue weighted by Gasteiger charge is -2.22. The van der Waals surface area contributed by atoms with E-state index in [1.807, 2.05) is 0 Å². The molecule has 2 heteroatoms. The number of rotatable bonds is 4. The number of nitrogens with one attached hydrogen (secondary N) is 1. The molecule has 0 radical (unpaired) electrons. The Bertz CT molecular complexity index is 128. The zero-order chi connectivity index (χ0) is 9.03. The summed E-state index contributed by atoms with van der Waals surface area (Å²) < 4.78 is 0. The summed E-state index contributed by atoms with van der Waals surface area (Å²) in [6, 6.07) is 0. The summed E-state index contributed by atoms with van der Waals surface area (Å²) in [7, 11) is 0. The minimum absolute atomic E-state index is 0.380. The van der Waals surface area contributed by atoms with Crippen LogP contribution in [0.25, 0.3) is 0 Å². The van der Waals surface area contributed by atoms with Gasteiger partial charge in [-0.25, -0.2) is 0 Å². The van der Waals surface area contributed by atoms with E-state index in [4.69, 9.17) is 0 Å². The molecule has 0 unspecified atom stereocenters. The SMILES string of the molecule is CC(C)CNCC1(O)CCCC1. The maximum absolute atomic E-state index is 9.94. The lowest BCUT2D eigenvalue weighted by Crippen LogP contribution is -2.39. The van der Waals surface area contributed by atoms with Gasteiger partial charge in [0.05, 0.1) is 5.60 Å². The Morgan fingerprint density at radius 1 is 1.33 bits per heavy atom. The van der Waals surface area contributed by atoms with Crippen molar-refractivity contribution < 1.29 is 5.11 Å². The minimum atomic E-state index is -0.380. The Labute approximate surface area is 75.4 Å². The highest BCUT2D eigenvalue weighted by molar-refractivity contribution is 4.86. The summed E-state index contributed by atoms with van der Waals surface area (Å²) in [6.07, 6.45) is 4.36. The molecule has 1 saturated carbocycles. The van der Waals surface area contributed by atoms with Crippen molar-refractivity contribution in [3.63, 3.8) is 0 Å². The van der Waals surface area contributed by atoms with Gasteiger partial charge >= 0.3 is 0 Å². The Hall–Kier alpha value is -0.0800. The normalized spacial score (nSPS) is 22.0. The fourth-order valence-corrected chi connectivity index (χ4v) is 1.80. The second-order valence-corrected chi connectivity index (χ2v) is 4.46. The van der Waals surface area contributed by atoms with Crippen LogP contribution in [0.3, 0.4) is 0 Å². The van der Waals surface area contributed by atoms with Crippen LogP contribution in [0.2, 0.25) is 0 Å². The molecule has 0 aliphatic heterocycles. The maximum Gasteiger partial charge on any atom is 0.0771 e. The van der Waals surface area contributed by atoms with Crippen LogP contribution in [-0.2, 0) is 0 Å². The van der Waals surface area contributed by atoms with Crippen molar-refractivity contribution in [2.45, 2.75) is 45.1 Å². The highest BCUT2D eigenvalue weighted by Crippen LogP contribution is 2.28. The van der Waals surface area contributed by atoms with Crippen molar-refractivity contribution in [1.29, 1.82) is 0 Å². The Kier molecular flexibility index (Phi) is 3.53. The van der Waals surface area contributed by atoms with Crippen LogP contribution in [0.5, 0.6) is 0 Å². The van der Waals surface area contributed by atoms with Crippen molar-refractivity contribution >= 4 is 0 Å². The number of hydrogen-bond acceptors (Lipinski definition) is 2. The first-order valence-electron chi connectivity index (χ1n) is 5.05. The van der Waals surface area contributed by atoms with Crippen molar-refractivity contribution in [2.75, 3.05) is 13.1 Å². The first kappa shape index (κ1) is 10.0. The van der Waals surface area contributed by atoms with Crippen molar-refractivity contribution in [1.82, 2.24) is 5.32 Å². The molecule has 0 spiro atoms. The van der Waals surface area contributed by atoms with Gasteiger partial charge in [0.25, 0.3) is 0 Å². The summed E-state index contributed by atoms with van der Waals surface area (Å²) in [5.41, 5.74) is -0.380. The van der Waals surface area contributed by atoms with Crippen LogP contribution in [-0.4, -0.2) is 23.8 Å². The van der Waals surface area contributed by atoms with E-state index in [0.29, 0.717) is 5.92 Å². The third-order valence-corrected chi connectivity index (χ3v) is 2.54. The summed E-state index contributed by atoms with van der Waals surface area (Å²) in [6.45, 7) is 6.17. The molecule has 72 valence electrons. The fourth-order valence-electron chi connectivity index (χ4n) is 1.80. The molecule has 0 aromatic rings. The zero-order valence-corrected chi connectivity index (χ0v) is 8.27. The molecular weight excluding hydrogens is 150 g/mol. The van der Waals surface area contributed by atoms with Gasteiger partial charge < -0.3 is 10.4 Å². The third-order valence-electron chi connectivity index (χ3n) is 2.54. The molecule has 0 aromatic carbocycles. The number of hydrogen-bond donors (Lipinski definition) is 2. The molecule has 0 heterocycles. The van der Waals surface area contributed by atoms with Gasteiger partial charge in [-0.3, -0.25) is 0 Å². The van der Waals surface area contributed by atoms with Crippen LogP contribution in [0.1, 0.15) is 39.5 Å². The average molecular weight is 171 g/mol. The predicted molar refractivity (Wildman–Crippen MR) is 51.1 cm³/mol. The second kappa shape index (κ2) is 4.24. The summed E-state index contributed by atoms with van der Waals surface area (Å²) in [4.78, 5) is 0. The molecule has 1 fully saturated rings. The molecule has 0 amide bonds. The van der Waals surface area contributed by atoms with Crippen LogP contribution >= 0.6 is 0 Å². The molecule has 2 N–H and O–H groups in total. The largest absolute Gasteiger partial charge is 0.389 e. The molecule has 0 bridgehead atoms. The van der Waals surface area contributed by atoms with E-state index in [2.05, 4.69) is 19.2 Å². The first-order valence-corrected chi connectivity index (χ1v) is 5.05. The van der Waals surface area contributed by atoms with Gasteiger partial charge in [0.1, 0.15) is 0 Å². The van der Waals surface area contributed by atoms with Crippen LogP contribution in [0.15, 0.2) is 0 Å². The summed E-state index contributed by atoms with van der Waals surface area (Å²) in [5, 5.41) is 13.3. The molecule has 2 nitrogen and oxygen atoms in total. The lowest BCUT2D eigenvalue weighted by atomic mass is 10.0. The quantitative estimate of drug-likeness (QED) is 0.672. The average Bonchev–Trinajstić information content (AvgIpc) is 2.35. The van der Waals surface area contributed by atoms with Crippen molar-refractivity contribution in [3.8, 4) is 0 Å². The topological polar surface area (TPSA) is 32.3 Å². The van der Waals surface area contributed by atoms with E-state index in [0.717, 1.165) is 25.9 Å². The highest BCUT2D eigenvalue weighted by Gasteiger charge is 2.30. The minimum Gasteiger partial charge on any atom is -0.389 e. The molecule has 0 saturated heterocycles. The Morgan fingerprint density at radius 3 is 2.42 bits per heavy atom. The highest BCUT2D eigenvalue weighted by atomic mass is 16.3. The van der Waals surface area contributed by atoms with E-state index in [1.165, 1.54) is 12.8 Å². The summed E-state index contributed by atoms with van der Waals surface area (Å²) >= 11 is 0. The lowest BCUT2D eigenvalue weighted by molar-refractivity contribution is 0.0472. The van der Waals surface area contributed by atoms with E-state index >= 15 is 0 Å². The van der Waals surface area contributed by atoms with Crippen LogP contribution in [0.4, 0.5) is 0 Å². The molecule has 0 atom stereocenters. The Morgan fingerprint density at radius 2 is 1.92 bits per heavy atom. The van der Waals surface area contributed by atoms with E-state index in [9.17, 15) is 5.11 Å². The van der Waals surface area contributed by atoms with Gasteiger partial charge in [0.15, 0.2) is 0 Å². The van der Waals surface area contributed by atoms with Gasteiger partial charge in [0.2, 0.25) is 0 Å². The third kappa shape index (κ3) is 3.11. The molecule has 1 aliphatic rings. The van der Waals surface area contributed by atoms with Crippen molar-refractivity contribution in [3.05, 3.63) is 0 Å². The van der Waals surface area contributed by atoms with Gasteiger partial charge in [-0.05, 0) is 25.3 Å². The molecule has 1 rings (SSSR count). The molecule has 0 aromatic heterocycles. The zero-order valence-electron chi connectivity index (χ0n) is 8.27. The molecule has 1 aliphatic carbocycles. The number of aliphatic hydroxyl groups is 1. The summed E-state index contributed by atoms with van der Waals surface area (Å²) in [5.74, 6) is 0.676. The van der Waals surface area contributed by atoms with Crippen LogP contribution < -0.4 is 5.32 Å². The van der Waals surface area contributed by atoms with Gasteiger partial charge in [-0.2, -0.15) is 0 Å². The Balaban J connectivity index is 2.13. The van der Waals surface area contributed by atoms with Gasteiger partial charge in [-0.1, -0.05) is 26.7 Å². The first-order chi connectivity index (χ1) is 5.62. The van der Waals surface area contributed by atoms with Crippen molar-refractivity contribution in [2.24, 2.45) is 5.92 Å². The second-order valence-electron chi connectivity index (χ2n) is 4.46. The van der Waals surface area contributed by atoms with Gasteiger partial charge in [-0.15, -0.1) is 0 Å².